The number of aromatic nitrogens is 3. The van der Waals surface area contributed by atoms with Crippen LogP contribution in [-0.2, 0) is 21.4 Å². The molecule has 2 aromatic carbocycles. The number of carbonyl (C=O) groups is 1. The largest absolute Gasteiger partial charge is 0.497 e. The number of nitrogens with zero attached hydrogens (tertiary/aromatic N) is 2. The van der Waals surface area contributed by atoms with Gasteiger partial charge in [0.15, 0.2) is 5.82 Å². The van der Waals surface area contributed by atoms with Crippen LogP contribution in [0.15, 0.2) is 59.5 Å². The van der Waals surface area contributed by atoms with E-state index in [1.807, 2.05) is 24.3 Å². The Morgan fingerprint density at radius 3 is 2.47 bits per heavy atom. The van der Waals surface area contributed by atoms with Gasteiger partial charge in [0, 0.05) is 11.6 Å². The SMILES string of the molecule is CNS(=O)(=O)c1ccc(/C=C/C(=O)NCc2nc(-c3ccc(OC)cc3)n[nH]2)cc1. The highest BCUT2D eigenvalue weighted by atomic mass is 32.2. The molecule has 0 radical (unpaired) electrons. The summed E-state index contributed by atoms with van der Waals surface area (Å²) in [6.07, 6.45) is 2.95. The minimum Gasteiger partial charge on any atom is -0.497 e. The summed E-state index contributed by atoms with van der Waals surface area (Å²) in [6, 6.07) is 13.5. The summed E-state index contributed by atoms with van der Waals surface area (Å²) >= 11 is 0. The molecular formula is C20H21N5O4S. The third-order valence-electron chi connectivity index (χ3n) is 4.20. The maximum atomic E-state index is 12.0. The quantitative estimate of drug-likeness (QED) is 0.470. The summed E-state index contributed by atoms with van der Waals surface area (Å²) in [7, 11) is -0.536. The summed E-state index contributed by atoms with van der Waals surface area (Å²) < 4.78 is 30.8. The van der Waals surface area contributed by atoms with Crippen LogP contribution in [0, 0.1) is 0 Å². The molecule has 1 heterocycles. The van der Waals surface area contributed by atoms with E-state index in [0.717, 1.165) is 11.3 Å². The van der Waals surface area contributed by atoms with Crippen LogP contribution in [0.1, 0.15) is 11.4 Å². The monoisotopic (exact) mass is 427 g/mol. The standard InChI is InChI=1S/C20H21N5O4S/c1-21-30(27,28)17-10-3-14(4-11-17)5-12-19(26)22-13-18-23-20(25-24-18)15-6-8-16(29-2)9-7-15/h3-12,21H,13H2,1-2H3,(H,22,26)(H,23,24,25)/b12-5+. The fourth-order valence-corrected chi connectivity index (χ4v) is 3.25. The predicted octanol–water partition coefficient (Wildman–Crippen LogP) is 1.72. The van der Waals surface area contributed by atoms with Crippen LogP contribution >= 0.6 is 0 Å². The van der Waals surface area contributed by atoms with Crippen LogP contribution in [-0.4, -0.2) is 43.7 Å². The topological polar surface area (TPSA) is 126 Å². The Kier molecular flexibility index (Phi) is 6.60. The number of hydrogen-bond acceptors (Lipinski definition) is 6. The van der Waals surface area contributed by atoms with E-state index < -0.39 is 10.0 Å². The molecule has 0 unspecified atom stereocenters. The second-order valence-corrected chi connectivity index (χ2v) is 8.05. The van der Waals surface area contributed by atoms with Crippen molar-refractivity contribution in [2.24, 2.45) is 0 Å². The molecule has 0 fully saturated rings. The van der Waals surface area contributed by atoms with Crippen molar-refractivity contribution >= 4 is 22.0 Å². The second kappa shape index (κ2) is 9.33. The highest BCUT2D eigenvalue weighted by molar-refractivity contribution is 7.89. The van der Waals surface area contributed by atoms with Gasteiger partial charge in [0.2, 0.25) is 15.9 Å². The van der Waals surface area contributed by atoms with Gasteiger partial charge in [0.25, 0.3) is 0 Å². The zero-order valence-electron chi connectivity index (χ0n) is 16.4. The van der Waals surface area contributed by atoms with Gasteiger partial charge in [-0.3, -0.25) is 9.89 Å². The molecule has 0 spiro atoms. The molecule has 3 rings (SSSR count). The molecule has 0 saturated heterocycles. The number of amides is 1. The maximum absolute atomic E-state index is 12.0. The lowest BCUT2D eigenvalue weighted by atomic mass is 10.2. The fraction of sp³-hybridized carbons (Fsp3) is 0.150. The van der Waals surface area contributed by atoms with Crippen molar-refractivity contribution in [2.75, 3.05) is 14.2 Å². The third-order valence-corrected chi connectivity index (χ3v) is 5.63. The summed E-state index contributed by atoms with van der Waals surface area (Å²) in [5.74, 6) is 1.47. The van der Waals surface area contributed by atoms with Crippen LogP contribution in [0.25, 0.3) is 17.5 Å². The Bertz CT molecular complexity index is 1140. The average molecular weight is 427 g/mol. The second-order valence-electron chi connectivity index (χ2n) is 6.16. The van der Waals surface area contributed by atoms with Crippen LogP contribution < -0.4 is 14.8 Å². The smallest absolute Gasteiger partial charge is 0.244 e. The third kappa shape index (κ3) is 5.31. The molecule has 10 heteroatoms. The van der Waals surface area contributed by atoms with Gasteiger partial charge in [-0.15, -0.1) is 0 Å². The van der Waals surface area contributed by atoms with Crippen LogP contribution in [0.5, 0.6) is 5.75 Å². The van der Waals surface area contributed by atoms with E-state index >= 15 is 0 Å². The van der Waals surface area contributed by atoms with E-state index in [0.29, 0.717) is 17.2 Å². The Morgan fingerprint density at radius 2 is 1.83 bits per heavy atom. The van der Waals surface area contributed by atoms with E-state index in [2.05, 4.69) is 25.2 Å². The van der Waals surface area contributed by atoms with Gasteiger partial charge in [0.1, 0.15) is 11.6 Å². The molecule has 3 aromatic rings. The summed E-state index contributed by atoms with van der Waals surface area (Å²) in [6.45, 7) is 0.186. The number of H-pyrrole nitrogens is 1. The van der Waals surface area contributed by atoms with Crippen molar-refractivity contribution in [3.8, 4) is 17.1 Å². The van der Waals surface area contributed by atoms with Gasteiger partial charge in [-0.25, -0.2) is 18.1 Å². The van der Waals surface area contributed by atoms with Gasteiger partial charge < -0.3 is 10.1 Å². The summed E-state index contributed by atoms with van der Waals surface area (Å²) in [4.78, 5) is 16.5. The zero-order valence-corrected chi connectivity index (χ0v) is 17.2. The summed E-state index contributed by atoms with van der Waals surface area (Å²) in [5, 5.41) is 9.65. The van der Waals surface area contributed by atoms with Crippen molar-refractivity contribution in [3.05, 3.63) is 66.0 Å². The zero-order chi connectivity index (χ0) is 21.6. The Labute approximate surface area is 174 Å². The Balaban J connectivity index is 1.55. The number of aromatic amines is 1. The first-order valence-corrected chi connectivity index (χ1v) is 10.4. The first-order chi connectivity index (χ1) is 14.4. The molecule has 0 bridgehead atoms. The van der Waals surface area contributed by atoms with Crippen LogP contribution in [0.3, 0.4) is 0 Å². The van der Waals surface area contributed by atoms with E-state index in [1.54, 1.807) is 25.3 Å². The Hall–Kier alpha value is -3.50. The number of rotatable bonds is 8. The lowest BCUT2D eigenvalue weighted by Crippen LogP contribution is -2.21. The van der Waals surface area contributed by atoms with Crippen LogP contribution in [0.2, 0.25) is 0 Å². The normalized spacial score (nSPS) is 11.5. The maximum Gasteiger partial charge on any atom is 0.244 e. The van der Waals surface area contributed by atoms with Crippen molar-refractivity contribution in [3.63, 3.8) is 0 Å². The lowest BCUT2D eigenvalue weighted by molar-refractivity contribution is -0.116. The molecule has 0 saturated carbocycles. The van der Waals surface area contributed by atoms with Gasteiger partial charge in [-0.05, 0) is 55.1 Å². The van der Waals surface area contributed by atoms with E-state index in [9.17, 15) is 13.2 Å². The molecule has 30 heavy (non-hydrogen) atoms. The molecule has 0 aliphatic carbocycles. The molecule has 0 aliphatic rings. The molecule has 0 atom stereocenters. The van der Waals surface area contributed by atoms with E-state index in [-0.39, 0.29) is 17.3 Å². The molecule has 156 valence electrons. The Morgan fingerprint density at radius 1 is 1.13 bits per heavy atom. The van der Waals surface area contributed by atoms with Crippen molar-refractivity contribution < 1.29 is 17.9 Å². The first-order valence-electron chi connectivity index (χ1n) is 8.96. The molecule has 1 aromatic heterocycles. The minimum absolute atomic E-state index is 0.157. The average Bonchev–Trinajstić information content (AvgIpc) is 3.25. The fourth-order valence-electron chi connectivity index (χ4n) is 2.52. The molecule has 3 N–H and O–H groups in total. The number of nitrogens with one attached hydrogen (secondary N) is 3. The lowest BCUT2D eigenvalue weighted by Gasteiger charge is -2.02. The highest BCUT2D eigenvalue weighted by Crippen LogP contribution is 2.18. The number of carbonyl (C=O) groups excluding carboxylic acids is 1. The van der Waals surface area contributed by atoms with Crippen molar-refractivity contribution in [1.29, 1.82) is 0 Å². The van der Waals surface area contributed by atoms with E-state index in [1.165, 1.54) is 25.3 Å². The van der Waals surface area contributed by atoms with Gasteiger partial charge in [-0.2, -0.15) is 5.10 Å². The first kappa shape index (κ1) is 21.2. The van der Waals surface area contributed by atoms with Crippen molar-refractivity contribution in [1.82, 2.24) is 25.2 Å². The van der Waals surface area contributed by atoms with Gasteiger partial charge >= 0.3 is 0 Å². The van der Waals surface area contributed by atoms with Crippen LogP contribution in [0.4, 0.5) is 0 Å². The number of sulfonamides is 1. The minimum atomic E-state index is -3.48. The number of ether oxygens (including phenoxy) is 1. The summed E-state index contributed by atoms with van der Waals surface area (Å²) in [5.41, 5.74) is 1.52. The number of methoxy groups -OCH3 is 1. The van der Waals surface area contributed by atoms with Gasteiger partial charge in [-0.1, -0.05) is 12.1 Å². The van der Waals surface area contributed by atoms with Crippen molar-refractivity contribution in [2.45, 2.75) is 11.4 Å². The van der Waals surface area contributed by atoms with Gasteiger partial charge in [0.05, 0.1) is 18.6 Å². The predicted molar refractivity (Wildman–Crippen MR) is 112 cm³/mol. The molecular weight excluding hydrogens is 406 g/mol. The molecule has 0 aliphatic heterocycles. The number of hydrogen-bond donors (Lipinski definition) is 3. The van der Waals surface area contributed by atoms with E-state index in [4.69, 9.17) is 4.74 Å². The highest BCUT2D eigenvalue weighted by Gasteiger charge is 2.10. The molecule has 9 nitrogen and oxygen atoms in total. The molecule has 1 amide bonds. The number of benzene rings is 2.